The molecule has 2 rings (SSSR count). The molecular formula is C21H28N2O. The van der Waals surface area contributed by atoms with Gasteiger partial charge in [-0.15, -0.1) is 0 Å². The summed E-state index contributed by atoms with van der Waals surface area (Å²) in [6, 6.07) is 8.29. The molecule has 128 valence electrons. The van der Waals surface area contributed by atoms with Gasteiger partial charge in [0.2, 0.25) is 0 Å². The van der Waals surface area contributed by atoms with E-state index in [1.807, 2.05) is 31.3 Å². The summed E-state index contributed by atoms with van der Waals surface area (Å²) >= 11 is 0. The molecule has 0 saturated carbocycles. The Kier molecular flexibility index (Phi) is 6.42. The lowest BCUT2D eigenvalue weighted by Gasteiger charge is -2.20. The molecule has 1 aromatic carbocycles. The van der Waals surface area contributed by atoms with Crippen LogP contribution in [-0.2, 0) is 0 Å². The van der Waals surface area contributed by atoms with Gasteiger partial charge in [-0.1, -0.05) is 26.0 Å². The highest BCUT2D eigenvalue weighted by Crippen LogP contribution is 2.32. The monoisotopic (exact) mass is 324 g/mol. The van der Waals surface area contributed by atoms with Gasteiger partial charge in [0, 0.05) is 11.9 Å². The van der Waals surface area contributed by atoms with Crippen molar-refractivity contribution in [2.24, 2.45) is 0 Å². The molecule has 0 radical (unpaired) electrons. The van der Waals surface area contributed by atoms with Crippen molar-refractivity contribution >= 4 is 17.5 Å². The van der Waals surface area contributed by atoms with Crippen LogP contribution in [0.4, 0.5) is 11.4 Å². The smallest absolute Gasteiger partial charge is 0.143 e. The van der Waals surface area contributed by atoms with Crippen molar-refractivity contribution in [3.8, 4) is 5.75 Å². The Morgan fingerprint density at radius 2 is 1.88 bits per heavy atom. The largest absolute Gasteiger partial charge is 0.488 e. The number of hydrogen-bond acceptors (Lipinski definition) is 3. The van der Waals surface area contributed by atoms with Gasteiger partial charge in [0.05, 0.1) is 17.5 Å². The number of pyridine rings is 1. The molecule has 0 aliphatic heterocycles. The number of nitrogens with one attached hydrogen (secondary N) is 1. The number of allylic oxidation sites excluding steroid dienone is 1. The molecule has 0 aliphatic carbocycles. The minimum atomic E-state index is 0.240. The summed E-state index contributed by atoms with van der Waals surface area (Å²) in [7, 11) is 0. The van der Waals surface area contributed by atoms with Crippen LogP contribution in [0.15, 0.2) is 36.5 Å². The minimum Gasteiger partial charge on any atom is -0.488 e. The second-order valence-electron chi connectivity index (χ2n) is 6.05. The lowest BCUT2D eigenvalue weighted by Crippen LogP contribution is -2.14. The van der Waals surface area contributed by atoms with Gasteiger partial charge in [-0.25, -0.2) is 0 Å². The zero-order valence-corrected chi connectivity index (χ0v) is 15.4. The molecule has 3 heteroatoms. The molecule has 0 aliphatic rings. The maximum Gasteiger partial charge on any atom is 0.143 e. The van der Waals surface area contributed by atoms with E-state index in [9.17, 15) is 0 Å². The second kappa shape index (κ2) is 8.53. The number of benzene rings is 1. The van der Waals surface area contributed by atoms with Crippen LogP contribution in [0, 0.1) is 13.8 Å². The fraction of sp³-hybridized carbons (Fsp3) is 0.381. The van der Waals surface area contributed by atoms with Crippen LogP contribution in [0.2, 0.25) is 0 Å². The van der Waals surface area contributed by atoms with E-state index in [1.165, 1.54) is 5.56 Å². The van der Waals surface area contributed by atoms with Crippen LogP contribution in [0.25, 0.3) is 6.08 Å². The highest BCUT2D eigenvalue weighted by atomic mass is 16.5. The molecule has 0 unspecified atom stereocenters. The summed E-state index contributed by atoms with van der Waals surface area (Å²) in [5.41, 5.74) is 5.36. The first kappa shape index (κ1) is 18.1. The summed E-state index contributed by atoms with van der Waals surface area (Å²) in [5.74, 6) is 0.910. The average molecular weight is 324 g/mol. The van der Waals surface area contributed by atoms with Crippen molar-refractivity contribution in [1.82, 2.24) is 4.98 Å². The fourth-order valence-electron chi connectivity index (χ4n) is 2.62. The van der Waals surface area contributed by atoms with Crippen LogP contribution in [0.1, 0.15) is 50.4 Å². The van der Waals surface area contributed by atoms with Crippen LogP contribution >= 0.6 is 0 Å². The number of aromatic nitrogens is 1. The minimum absolute atomic E-state index is 0.240. The van der Waals surface area contributed by atoms with Gasteiger partial charge in [-0.05, 0) is 69.0 Å². The van der Waals surface area contributed by atoms with Crippen molar-refractivity contribution in [2.45, 2.75) is 53.6 Å². The van der Waals surface area contributed by atoms with Gasteiger partial charge in [-0.3, -0.25) is 4.98 Å². The van der Waals surface area contributed by atoms with Gasteiger partial charge < -0.3 is 10.1 Å². The highest BCUT2D eigenvalue weighted by molar-refractivity contribution is 5.71. The zero-order valence-electron chi connectivity index (χ0n) is 15.4. The lowest BCUT2D eigenvalue weighted by molar-refractivity contribution is 0.194. The highest BCUT2D eigenvalue weighted by Gasteiger charge is 2.12. The summed E-state index contributed by atoms with van der Waals surface area (Å²) in [6.45, 7) is 10.5. The third-order valence-corrected chi connectivity index (χ3v) is 4.18. The van der Waals surface area contributed by atoms with Crippen LogP contribution in [0.5, 0.6) is 5.75 Å². The molecule has 0 fully saturated rings. The van der Waals surface area contributed by atoms with E-state index >= 15 is 0 Å². The molecule has 24 heavy (non-hydrogen) atoms. The Bertz CT molecular complexity index is 703. The first-order chi connectivity index (χ1) is 11.6. The van der Waals surface area contributed by atoms with Crippen LogP contribution in [-0.4, -0.2) is 11.1 Å². The predicted octanol–water partition coefficient (Wildman–Crippen LogP) is 6.04. The van der Waals surface area contributed by atoms with Crippen molar-refractivity contribution in [1.29, 1.82) is 0 Å². The number of hydrogen-bond donors (Lipinski definition) is 1. The Morgan fingerprint density at radius 1 is 1.12 bits per heavy atom. The maximum atomic E-state index is 6.22. The molecule has 0 saturated heterocycles. The molecule has 2 aromatic rings. The summed E-state index contributed by atoms with van der Waals surface area (Å²) in [4.78, 5) is 4.42. The summed E-state index contributed by atoms with van der Waals surface area (Å²) in [6.07, 6.45) is 8.11. The van der Waals surface area contributed by atoms with Crippen LogP contribution in [0.3, 0.4) is 0 Å². The summed E-state index contributed by atoms with van der Waals surface area (Å²) in [5, 5.41) is 3.52. The van der Waals surface area contributed by atoms with Gasteiger partial charge in [0.1, 0.15) is 5.75 Å². The molecule has 0 amide bonds. The molecule has 1 heterocycles. The van der Waals surface area contributed by atoms with Crippen molar-refractivity contribution < 1.29 is 4.74 Å². The van der Waals surface area contributed by atoms with E-state index in [4.69, 9.17) is 4.74 Å². The Hall–Kier alpha value is -2.29. The standard InChI is InChI=1S/C21H28N2O/c1-6-9-18-16(5)19(12-13-22-18)23-20-11-10-15(4)14-21(20)24-17(7-2)8-3/h6,9-14,17H,7-8H2,1-5H3,(H,22,23)/b9-6-. The predicted molar refractivity (Wildman–Crippen MR) is 103 cm³/mol. The third-order valence-electron chi connectivity index (χ3n) is 4.18. The number of ether oxygens (including phenoxy) is 1. The number of nitrogens with zero attached hydrogens (tertiary/aromatic N) is 1. The molecule has 0 bridgehead atoms. The molecule has 3 nitrogen and oxygen atoms in total. The Balaban J connectivity index is 2.34. The SMILES string of the molecule is C/C=C\c1nccc(Nc2ccc(C)cc2OC(CC)CC)c1C. The average Bonchev–Trinajstić information content (AvgIpc) is 2.58. The molecular weight excluding hydrogens is 296 g/mol. The zero-order chi connectivity index (χ0) is 17.5. The fourth-order valence-corrected chi connectivity index (χ4v) is 2.62. The quantitative estimate of drug-likeness (QED) is 0.674. The second-order valence-corrected chi connectivity index (χ2v) is 6.05. The first-order valence-corrected chi connectivity index (χ1v) is 8.71. The van der Waals surface area contributed by atoms with Crippen molar-refractivity contribution in [2.75, 3.05) is 5.32 Å². The number of anilines is 2. The normalized spacial score (nSPS) is 11.2. The molecule has 1 N–H and O–H groups in total. The number of aryl methyl sites for hydroxylation is 1. The summed E-state index contributed by atoms with van der Waals surface area (Å²) < 4.78 is 6.22. The van der Waals surface area contributed by atoms with Crippen LogP contribution < -0.4 is 10.1 Å². The van der Waals surface area contributed by atoms with Gasteiger partial charge >= 0.3 is 0 Å². The van der Waals surface area contributed by atoms with E-state index in [-0.39, 0.29) is 6.10 Å². The Morgan fingerprint density at radius 3 is 2.54 bits per heavy atom. The van der Waals surface area contributed by atoms with Gasteiger partial charge in [0.25, 0.3) is 0 Å². The topological polar surface area (TPSA) is 34.2 Å². The van der Waals surface area contributed by atoms with E-state index < -0.39 is 0 Å². The molecule has 0 spiro atoms. The van der Waals surface area contributed by atoms with E-state index in [2.05, 4.69) is 56.2 Å². The van der Waals surface area contributed by atoms with Gasteiger partial charge in [-0.2, -0.15) is 0 Å². The third kappa shape index (κ3) is 4.38. The molecule has 1 aromatic heterocycles. The van der Waals surface area contributed by atoms with Crippen molar-refractivity contribution in [3.05, 3.63) is 53.4 Å². The first-order valence-electron chi connectivity index (χ1n) is 8.71. The maximum absolute atomic E-state index is 6.22. The lowest BCUT2D eigenvalue weighted by atomic mass is 10.1. The van der Waals surface area contributed by atoms with Gasteiger partial charge in [0.15, 0.2) is 0 Å². The van der Waals surface area contributed by atoms with Crippen molar-refractivity contribution in [3.63, 3.8) is 0 Å². The van der Waals surface area contributed by atoms with E-state index in [0.717, 1.165) is 41.2 Å². The number of rotatable bonds is 7. The van der Waals surface area contributed by atoms with E-state index in [0.29, 0.717) is 0 Å². The van der Waals surface area contributed by atoms with E-state index in [1.54, 1.807) is 0 Å². The molecule has 0 atom stereocenters. The Labute approximate surface area is 145 Å².